The number of piperazine rings is 1. The van der Waals surface area contributed by atoms with Gasteiger partial charge in [-0.05, 0) is 49.2 Å². The Bertz CT molecular complexity index is 965. The Morgan fingerprint density at radius 3 is 2.39 bits per heavy atom. The number of nitrogens with zero attached hydrogens (tertiary/aromatic N) is 2. The van der Waals surface area contributed by atoms with Crippen LogP contribution in [0.4, 0.5) is 16.2 Å². The number of carbonyl (C=O) groups is 1. The number of aryl methyl sites for hydroxylation is 1. The molecular formula is C21H27N3O3S. The molecule has 1 N–H and O–H groups in total. The summed E-state index contributed by atoms with van der Waals surface area (Å²) in [5, 5.41) is 2.83. The second-order valence-corrected chi connectivity index (χ2v) is 9.33. The predicted octanol–water partition coefficient (Wildman–Crippen LogP) is 3.45. The highest BCUT2D eigenvalue weighted by atomic mass is 32.2. The van der Waals surface area contributed by atoms with Crippen LogP contribution in [0.2, 0.25) is 0 Å². The van der Waals surface area contributed by atoms with Crippen LogP contribution in [-0.2, 0) is 9.84 Å². The van der Waals surface area contributed by atoms with Crippen molar-refractivity contribution in [3.63, 3.8) is 0 Å². The molecule has 1 heterocycles. The van der Waals surface area contributed by atoms with Crippen LogP contribution in [0.5, 0.6) is 0 Å². The van der Waals surface area contributed by atoms with Gasteiger partial charge in [0, 0.05) is 37.6 Å². The molecule has 0 aromatic heterocycles. The van der Waals surface area contributed by atoms with E-state index in [0.717, 1.165) is 13.1 Å². The maximum atomic E-state index is 12.6. The van der Waals surface area contributed by atoms with Crippen molar-refractivity contribution in [2.75, 3.05) is 42.1 Å². The largest absolute Gasteiger partial charge is 0.368 e. The number of nitrogens with one attached hydrogen (secondary N) is 1. The first kappa shape index (κ1) is 20.2. The van der Waals surface area contributed by atoms with Crippen molar-refractivity contribution in [1.29, 1.82) is 0 Å². The zero-order chi connectivity index (χ0) is 20.3. The normalized spacial score (nSPS) is 14.8. The fourth-order valence-corrected chi connectivity index (χ4v) is 4.29. The first-order valence-electron chi connectivity index (χ1n) is 9.51. The highest BCUT2D eigenvalue weighted by Gasteiger charge is 2.22. The lowest BCUT2D eigenvalue weighted by molar-refractivity contribution is 0.208. The third-order valence-corrected chi connectivity index (χ3v) is 7.04. The van der Waals surface area contributed by atoms with Crippen molar-refractivity contribution in [1.82, 2.24) is 4.90 Å². The third-order valence-electron chi connectivity index (χ3n) is 5.31. The average molecular weight is 402 g/mol. The Balaban J connectivity index is 1.63. The molecule has 0 unspecified atom stereocenters. The molecule has 0 radical (unpaired) electrons. The second kappa shape index (κ2) is 8.22. The molecule has 0 saturated carbocycles. The van der Waals surface area contributed by atoms with Crippen LogP contribution in [0.15, 0.2) is 47.4 Å². The van der Waals surface area contributed by atoms with E-state index in [9.17, 15) is 13.2 Å². The van der Waals surface area contributed by atoms with Crippen molar-refractivity contribution in [2.45, 2.75) is 25.7 Å². The lowest BCUT2D eigenvalue weighted by Gasteiger charge is -2.37. The molecule has 2 aromatic carbocycles. The molecule has 2 aromatic rings. The van der Waals surface area contributed by atoms with Gasteiger partial charge >= 0.3 is 6.03 Å². The van der Waals surface area contributed by atoms with E-state index in [-0.39, 0.29) is 16.7 Å². The monoisotopic (exact) mass is 401 g/mol. The number of carbonyl (C=O) groups excluding carboxylic acids is 1. The summed E-state index contributed by atoms with van der Waals surface area (Å²) in [4.78, 5) is 16.9. The van der Waals surface area contributed by atoms with Gasteiger partial charge < -0.3 is 15.1 Å². The summed E-state index contributed by atoms with van der Waals surface area (Å²) in [7, 11) is -3.30. The number of hydrogen-bond acceptors (Lipinski definition) is 4. The zero-order valence-corrected chi connectivity index (χ0v) is 17.4. The van der Waals surface area contributed by atoms with Gasteiger partial charge in [0.05, 0.1) is 10.6 Å². The summed E-state index contributed by atoms with van der Waals surface area (Å²) >= 11 is 0. The van der Waals surface area contributed by atoms with E-state index < -0.39 is 9.84 Å². The maximum absolute atomic E-state index is 12.6. The quantitative estimate of drug-likeness (QED) is 0.852. The molecular weight excluding hydrogens is 374 g/mol. The first-order valence-corrected chi connectivity index (χ1v) is 11.2. The number of hydrogen-bond donors (Lipinski definition) is 1. The molecule has 0 atom stereocenters. The fourth-order valence-electron chi connectivity index (χ4n) is 3.37. The SMILES string of the molecule is CCS(=O)(=O)c1cccc(NC(=O)N2CCN(c3cccc(C)c3C)CC2)c1. The maximum Gasteiger partial charge on any atom is 0.321 e. The van der Waals surface area contributed by atoms with Crippen molar-refractivity contribution >= 4 is 27.2 Å². The van der Waals surface area contributed by atoms with Gasteiger partial charge in [0.1, 0.15) is 0 Å². The number of urea groups is 1. The summed E-state index contributed by atoms with van der Waals surface area (Å²) in [5.74, 6) is 0.0325. The summed E-state index contributed by atoms with van der Waals surface area (Å²) in [5.41, 5.74) is 4.25. The third kappa shape index (κ3) is 4.30. The molecule has 2 amide bonds. The van der Waals surface area contributed by atoms with Gasteiger partial charge in [0.25, 0.3) is 0 Å². The zero-order valence-electron chi connectivity index (χ0n) is 16.6. The van der Waals surface area contributed by atoms with E-state index in [1.54, 1.807) is 30.0 Å². The van der Waals surface area contributed by atoms with E-state index in [0.29, 0.717) is 18.8 Å². The molecule has 1 fully saturated rings. The van der Waals surface area contributed by atoms with E-state index in [4.69, 9.17) is 0 Å². The van der Waals surface area contributed by atoms with Crippen LogP contribution in [0, 0.1) is 13.8 Å². The average Bonchev–Trinajstić information content (AvgIpc) is 2.70. The summed E-state index contributed by atoms with van der Waals surface area (Å²) in [6.07, 6.45) is 0. The number of sulfone groups is 1. The first-order chi connectivity index (χ1) is 13.3. The molecule has 28 heavy (non-hydrogen) atoms. The highest BCUT2D eigenvalue weighted by Crippen LogP contribution is 2.24. The molecule has 1 aliphatic heterocycles. The van der Waals surface area contributed by atoms with Gasteiger partial charge in [-0.2, -0.15) is 0 Å². The molecule has 1 saturated heterocycles. The van der Waals surface area contributed by atoms with E-state index in [1.807, 2.05) is 0 Å². The number of amides is 2. The topological polar surface area (TPSA) is 69.7 Å². The fraction of sp³-hybridized carbons (Fsp3) is 0.381. The smallest absolute Gasteiger partial charge is 0.321 e. The minimum absolute atomic E-state index is 0.0325. The lowest BCUT2D eigenvalue weighted by atomic mass is 10.1. The van der Waals surface area contributed by atoms with Gasteiger partial charge in [0.2, 0.25) is 0 Å². The molecule has 0 bridgehead atoms. The lowest BCUT2D eigenvalue weighted by Crippen LogP contribution is -2.50. The van der Waals surface area contributed by atoms with Gasteiger partial charge in [-0.15, -0.1) is 0 Å². The Morgan fingerprint density at radius 2 is 1.71 bits per heavy atom. The summed E-state index contributed by atoms with van der Waals surface area (Å²) in [6, 6.07) is 12.5. The van der Waals surface area contributed by atoms with Gasteiger partial charge in [-0.3, -0.25) is 0 Å². The van der Waals surface area contributed by atoms with Crippen LogP contribution in [-0.4, -0.2) is 51.3 Å². The van der Waals surface area contributed by atoms with Crippen LogP contribution < -0.4 is 10.2 Å². The van der Waals surface area contributed by atoms with Gasteiger partial charge in [-0.25, -0.2) is 13.2 Å². The number of anilines is 2. The molecule has 0 aliphatic carbocycles. The van der Waals surface area contributed by atoms with Gasteiger partial charge in [-0.1, -0.05) is 25.1 Å². The highest BCUT2D eigenvalue weighted by molar-refractivity contribution is 7.91. The number of rotatable bonds is 4. The Kier molecular flexibility index (Phi) is 5.93. The van der Waals surface area contributed by atoms with E-state index >= 15 is 0 Å². The van der Waals surface area contributed by atoms with Crippen molar-refractivity contribution in [3.05, 3.63) is 53.6 Å². The molecule has 6 nitrogen and oxygen atoms in total. The van der Waals surface area contributed by atoms with Crippen LogP contribution in [0.25, 0.3) is 0 Å². The summed E-state index contributed by atoms with van der Waals surface area (Å²) < 4.78 is 24.1. The van der Waals surface area contributed by atoms with Crippen molar-refractivity contribution in [2.24, 2.45) is 0 Å². The van der Waals surface area contributed by atoms with E-state index in [1.165, 1.54) is 22.9 Å². The Morgan fingerprint density at radius 1 is 1.04 bits per heavy atom. The van der Waals surface area contributed by atoms with Gasteiger partial charge in [0.15, 0.2) is 9.84 Å². The molecule has 7 heteroatoms. The minimum Gasteiger partial charge on any atom is -0.368 e. The Labute approximate surface area is 167 Å². The molecule has 0 spiro atoms. The summed E-state index contributed by atoms with van der Waals surface area (Å²) in [6.45, 7) is 8.61. The second-order valence-electron chi connectivity index (χ2n) is 7.05. The van der Waals surface area contributed by atoms with Crippen molar-refractivity contribution < 1.29 is 13.2 Å². The Hall–Kier alpha value is -2.54. The molecule has 150 valence electrons. The van der Waals surface area contributed by atoms with E-state index in [2.05, 4.69) is 42.3 Å². The van der Waals surface area contributed by atoms with Crippen LogP contribution in [0.3, 0.4) is 0 Å². The molecule has 3 rings (SSSR count). The van der Waals surface area contributed by atoms with Crippen LogP contribution >= 0.6 is 0 Å². The number of benzene rings is 2. The molecule has 1 aliphatic rings. The minimum atomic E-state index is -3.30. The standard InChI is InChI=1S/C21H27N3O3S/c1-4-28(26,27)19-9-6-8-18(15-19)22-21(25)24-13-11-23(12-14-24)20-10-5-7-16(2)17(20)3/h5-10,15H,4,11-14H2,1-3H3,(H,22,25). The van der Waals surface area contributed by atoms with Crippen molar-refractivity contribution in [3.8, 4) is 0 Å². The predicted molar refractivity (Wildman–Crippen MR) is 113 cm³/mol. The van der Waals surface area contributed by atoms with Crippen LogP contribution in [0.1, 0.15) is 18.1 Å².